The van der Waals surface area contributed by atoms with Gasteiger partial charge < -0.3 is 25.8 Å². The molecule has 230 valence electrons. The molecule has 12 heteroatoms. The van der Waals surface area contributed by atoms with Gasteiger partial charge in [-0.25, -0.2) is 4.98 Å². The van der Waals surface area contributed by atoms with Crippen LogP contribution in [0.3, 0.4) is 0 Å². The van der Waals surface area contributed by atoms with Gasteiger partial charge in [0.2, 0.25) is 5.95 Å². The minimum Gasteiger partial charge on any atom is -0.377 e. The van der Waals surface area contributed by atoms with E-state index in [1.54, 1.807) is 6.20 Å². The number of alkyl halides is 3. The highest BCUT2D eigenvalue weighted by atomic mass is 19.4. The van der Waals surface area contributed by atoms with Crippen LogP contribution in [-0.2, 0) is 6.18 Å². The zero-order valence-corrected chi connectivity index (χ0v) is 24.2. The number of hydrogen-bond acceptors (Lipinski definition) is 8. The van der Waals surface area contributed by atoms with E-state index in [4.69, 9.17) is 20.7 Å². The van der Waals surface area contributed by atoms with Gasteiger partial charge in [-0.3, -0.25) is 4.79 Å². The lowest BCUT2D eigenvalue weighted by molar-refractivity contribution is -0.137. The Morgan fingerprint density at radius 3 is 2.40 bits per heavy atom. The molecule has 1 aliphatic heterocycles. The van der Waals surface area contributed by atoms with Gasteiger partial charge in [0.25, 0.3) is 0 Å². The molecule has 0 amide bonds. The number of nitrogens with zero attached hydrogens (tertiary/aromatic N) is 5. The van der Waals surface area contributed by atoms with E-state index >= 15 is 0 Å². The molecule has 2 saturated carbocycles. The molecular formula is C31H39F3N8O. The normalized spacial score (nSPS) is 22.5. The number of carbonyl (C=O) groups is 1. The highest BCUT2D eigenvalue weighted by Gasteiger charge is 2.31. The lowest BCUT2D eigenvalue weighted by Crippen LogP contribution is -2.36. The Hall–Kier alpha value is -3.67. The smallest absolute Gasteiger partial charge is 0.377 e. The van der Waals surface area contributed by atoms with Gasteiger partial charge in [0.15, 0.2) is 22.8 Å². The Labute approximate surface area is 249 Å². The largest absolute Gasteiger partial charge is 0.416 e. The summed E-state index contributed by atoms with van der Waals surface area (Å²) in [6.07, 6.45) is 10.7. The maximum Gasteiger partial charge on any atom is 0.416 e. The number of halogens is 3. The summed E-state index contributed by atoms with van der Waals surface area (Å²) >= 11 is 0. The molecule has 43 heavy (non-hydrogen) atoms. The molecule has 3 aliphatic rings. The number of piperidine rings is 1. The number of carbonyl (C=O) groups excluding carboxylic acids is 1. The number of nitrogens with one attached hydrogen (secondary N) is 2. The lowest BCUT2D eigenvalue weighted by Gasteiger charge is -2.32. The minimum absolute atomic E-state index is 0.0212. The molecule has 4 N–H and O–H groups in total. The first-order chi connectivity index (χ1) is 20.7. The second kappa shape index (κ2) is 12.5. The molecule has 1 aromatic carbocycles. The van der Waals surface area contributed by atoms with Crippen molar-refractivity contribution in [3.05, 3.63) is 54.0 Å². The first kappa shape index (κ1) is 29.4. The minimum atomic E-state index is -4.49. The van der Waals surface area contributed by atoms with Gasteiger partial charge in [0, 0.05) is 55.1 Å². The number of allylic oxidation sites excluding steroid dienone is 1. The van der Waals surface area contributed by atoms with Crippen LogP contribution in [0, 0.1) is 0 Å². The van der Waals surface area contributed by atoms with Gasteiger partial charge >= 0.3 is 6.18 Å². The Morgan fingerprint density at radius 1 is 0.953 bits per heavy atom. The van der Waals surface area contributed by atoms with Crippen molar-refractivity contribution >= 4 is 28.7 Å². The van der Waals surface area contributed by atoms with Gasteiger partial charge in [-0.2, -0.15) is 23.1 Å². The topological polar surface area (TPSA) is 114 Å². The van der Waals surface area contributed by atoms with Crippen molar-refractivity contribution in [2.24, 2.45) is 5.73 Å². The average Bonchev–Trinajstić information content (AvgIpc) is 3.68. The molecule has 0 atom stereocenters. The van der Waals surface area contributed by atoms with E-state index in [1.165, 1.54) is 31.1 Å². The number of rotatable bonds is 8. The lowest BCUT2D eigenvalue weighted by atomic mass is 9.92. The number of anilines is 2. The monoisotopic (exact) mass is 596 g/mol. The maximum absolute atomic E-state index is 13.0. The Morgan fingerprint density at radius 2 is 1.67 bits per heavy atom. The fourth-order valence-corrected chi connectivity index (χ4v) is 6.48. The van der Waals surface area contributed by atoms with Crippen LogP contribution in [0.4, 0.5) is 24.9 Å². The summed E-state index contributed by atoms with van der Waals surface area (Å²) in [7, 11) is 0. The molecule has 1 saturated heterocycles. The molecule has 0 radical (unpaired) electrons. The van der Waals surface area contributed by atoms with Crippen molar-refractivity contribution in [1.82, 2.24) is 24.4 Å². The van der Waals surface area contributed by atoms with Crippen molar-refractivity contribution in [2.45, 2.75) is 94.6 Å². The van der Waals surface area contributed by atoms with Crippen molar-refractivity contribution in [3.8, 4) is 0 Å². The molecule has 9 nitrogen and oxygen atoms in total. The van der Waals surface area contributed by atoms with Gasteiger partial charge in [-0.05, 0) is 63.5 Å². The van der Waals surface area contributed by atoms with Crippen LogP contribution in [0.1, 0.15) is 86.2 Å². The number of nitrogens with two attached hydrogens (primary N) is 1. The van der Waals surface area contributed by atoms with Gasteiger partial charge in [-0.15, -0.1) is 0 Å². The van der Waals surface area contributed by atoms with E-state index in [2.05, 4.69) is 15.2 Å². The number of fused-ring (bicyclic) bond motifs is 1. The number of hydrogen-bond donors (Lipinski definition) is 3. The third-order valence-electron chi connectivity index (χ3n) is 9.03. The average molecular weight is 597 g/mol. The zero-order chi connectivity index (χ0) is 30.0. The number of aromatic nitrogens is 4. The highest BCUT2D eigenvalue weighted by Crippen LogP contribution is 2.34. The zero-order valence-electron chi connectivity index (χ0n) is 24.2. The van der Waals surface area contributed by atoms with Crippen LogP contribution in [0.2, 0.25) is 0 Å². The Bertz CT molecular complexity index is 1450. The van der Waals surface area contributed by atoms with E-state index in [0.717, 1.165) is 80.5 Å². The Balaban J connectivity index is 1.12. The van der Waals surface area contributed by atoms with Crippen LogP contribution in [0.25, 0.3) is 11.2 Å². The summed E-state index contributed by atoms with van der Waals surface area (Å²) in [4.78, 5) is 29.2. The van der Waals surface area contributed by atoms with Crippen LogP contribution in [0.5, 0.6) is 0 Å². The summed E-state index contributed by atoms with van der Waals surface area (Å²) in [6, 6.07) is 5.64. The first-order valence-corrected chi connectivity index (χ1v) is 15.4. The van der Waals surface area contributed by atoms with Crippen molar-refractivity contribution in [1.29, 1.82) is 0 Å². The van der Waals surface area contributed by atoms with Gasteiger partial charge in [0.05, 0.1) is 11.9 Å². The van der Waals surface area contributed by atoms with E-state index in [1.807, 2.05) is 11.2 Å². The molecule has 3 heterocycles. The van der Waals surface area contributed by atoms with Crippen LogP contribution in [0.15, 0.2) is 42.9 Å². The third-order valence-corrected chi connectivity index (χ3v) is 9.03. The van der Waals surface area contributed by atoms with Crippen LogP contribution >= 0.6 is 0 Å². The van der Waals surface area contributed by atoms with E-state index in [9.17, 15) is 18.0 Å². The maximum atomic E-state index is 13.0. The molecule has 6 rings (SSSR count). The van der Waals surface area contributed by atoms with Crippen molar-refractivity contribution in [3.63, 3.8) is 0 Å². The van der Waals surface area contributed by atoms with Crippen LogP contribution in [-0.4, -0.2) is 61.4 Å². The Kier molecular flexibility index (Phi) is 8.56. The van der Waals surface area contributed by atoms with E-state index < -0.39 is 17.5 Å². The van der Waals surface area contributed by atoms with E-state index in [0.29, 0.717) is 31.1 Å². The van der Waals surface area contributed by atoms with Gasteiger partial charge in [-0.1, -0.05) is 25.0 Å². The predicted molar refractivity (Wildman–Crippen MR) is 160 cm³/mol. The summed E-state index contributed by atoms with van der Waals surface area (Å²) < 4.78 is 41.3. The van der Waals surface area contributed by atoms with Crippen molar-refractivity contribution < 1.29 is 18.0 Å². The van der Waals surface area contributed by atoms with E-state index in [-0.39, 0.29) is 17.6 Å². The quantitative estimate of drug-likeness (QED) is 0.217. The number of ketones is 1. The number of likely N-dealkylation sites (tertiary alicyclic amines) is 1. The second-order valence-corrected chi connectivity index (χ2v) is 12.1. The molecule has 3 aromatic rings. The molecule has 0 bridgehead atoms. The molecule has 2 aliphatic carbocycles. The SMILES string of the molecule is N[C@H]1CC[C@H](Nc2nc(NC3CCN(/C=C/C(=O)c4cccc(C(F)(F)F)c4)CC3)c3ncn(C4CCCC4)c3n2)CC1. The molecule has 3 fully saturated rings. The predicted octanol–water partition coefficient (Wildman–Crippen LogP) is 5.91. The summed E-state index contributed by atoms with van der Waals surface area (Å²) in [6.45, 7) is 1.39. The second-order valence-electron chi connectivity index (χ2n) is 12.1. The van der Waals surface area contributed by atoms with Crippen molar-refractivity contribution in [2.75, 3.05) is 23.7 Å². The number of benzene rings is 1. The molecular weight excluding hydrogens is 557 g/mol. The summed E-state index contributed by atoms with van der Waals surface area (Å²) in [5, 5.41) is 7.20. The summed E-state index contributed by atoms with van der Waals surface area (Å²) in [5.74, 6) is 0.890. The first-order valence-electron chi connectivity index (χ1n) is 15.4. The summed E-state index contributed by atoms with van der Waals surface area (Å²) in [5.41, 5.74) is 6.94. The van der Waals surface area contributed by atoms with Gasteiger partial charge in [0.1, 0.15) is 0 Å². The fourth-order valence-electron chi connectivity index (χ4n) is 6.48. The molecule has 2 aromatic heterocycles. The molecule has 0 unspecified atom stereocenters. The number of imidazole rings is 1. The van der Waals surface area contributed by atoms with Crippen LogP contribution < -0.4 is 16.4 Å². The third kappa shape index (κ3) is 6.95. The molecule has 0 spiro atoms. The fraction of sp³-hybridized carbons (Fsp3) is 0.548. The standard InChI is InChI=1S/C31H39F3N8O/c32-31(33,34)21-5-3-4-20(18-21)26(43)14-17-41-15-12-24(13-16-41)37-28-27-29(42(19-36-27)25-6-1-2-7-25)40-30(39-28)38-23-10-8-22(35)9-11-23/h3-5,14,17-19,22-25H,1-2,6-13,15-16,35H2,(H2,37,38,39,40)/b17-14+/t22-,23-. The highest BCUT2D eigenvalue weighted by molar-refractivity contribution is 6.04.